The van der Waals surface area contributed by atoms with E-state index in [-0.39, 0.29) is 5.91 Å². The van der Waals surface area contributed by atoms with Gasteiger partial charge in [0, 0.05) is 25.4 Å². The number of para-hydroxylation sites is 1. The minimum atomic E-state index is -0.123. The third kappa shape index (κ3) is 4.07. The molecule has 0 heterocycles. The third-order valence-corrected chi connectivity index (χ3v) is 2.52. The Bertz CT molecular complexity index is 378. The van der Waals surface area contributed by atoms with Crippen molar-refractivity contribution < 1.29 is 9.53 Å². The lowest BCUT2D eigenvalue weighted by Crippen LogP contribution is -2.26. The summed E-state index contributed by atoms with van der Waals surface area (Å²) in [7, 11) is 0. The number of benzene rings is 1. The average Bonchev–Trinajstić information content (AvgIpc) is 2.32. The Labute approximate surface area is 102 Å². The number of hydrogen-bond acceptors (Lipinski definition) is 3. The molecule has 0 aliphatic heterocycles. The maximum Gasteiger partial charge on any atom is 0.253 e. The van der Waals surface area contributed by atoms with Crippen molar-refractivity contribution in [2.45, 2.75) is 20.3 Å². The Morgan fingerprint density at radius 1 is 1.47 bits per heavy atom. The van der Waals surface area contributed by atoms with E-state index >= 15 is 0 Å². The fraction of sp³-hybridized carbons (Fsp3) is 0.462. The molecule has 0 aromatic heterocycles. The first-order valence-electron chi connectivity index (χ1n) is 5.87. The second kappa shape index (κ2) is 6.91. The summed E-state index contributed by atoms with van der Waals surface area (Å²) in [5.74, 6) is -0.123. The van der Waals surface area contributed by atoms with Crippen molar-refractivity contribution >= 4 is 11.6 Å². The first-order valence-corrected chi connectivity index (χ1v) is 5.87. The van der Waals surface area contributed by atoms with Crippen molar-refractivity contribution in [1.82, 2.24) is 5.32 Å². The van der Waals surface area contributed by atoms with Gasteiger partial charge in [-0.2, -0.15) is 0 Å². The molecule has 0 radical (unpaired) electrons. The maximum absolute atomic E-state index is 11.8. The molecule has 1 aromatic carbocycles. The van der Waals surface area contributed by atoms with Crippen molar-refractivity contribution in [3.63, 3.8) is 0 Å². The minimum absolute atomic E-state index is 0.123. The number of carbonyl (C=O) groups excluding carboxylic acids is 1. The zero-order valence-corrected chi connectivity index (χ0v) is 10.5. The topological polar surface area (TPSA) is 64.3 Å². The first-order chi connectivity index (χ1) is 8.16. The number of nitrogens with two attached hydrogens (primary N) is 1. The van der Waals surface area contributed by atoms with E-state index in [1.54, 1.807) is 6.07 Å². The van der Waals surface area contributed by atoms with Gasteiger partial charge in [-0.25, -0.2) is 0 Å². The number of hydrogen-bond donors (Lipinski definition) is 2. The van der Waals surface area contributed by atoms with Crippen LogP contribution >= 0.6 is 0 Å². The Kier molecular flexibility index (Phi) is 5.49. The van der Waals surface area contributed by atoms with E-state index in [9.17, 15) is 4.79 Å². The van der Waals surface area contributed by atoms with Gasteiger partial charge in [-0.05, 0) is 31.9 Å². The highest BCUT2D eigenvalue weighted by atomic mass is 16.5. The largest absolute Gasteiger partial charge is 0.398 e. The standard InChI is InChI=1S/C13H20N2O2/c1-3-17-9-5-8-15-13(16)11-7-4-6-10(2)12(11)14/h4,6-7H,3,5,8-9,14H2,1-2H3,(H,15,16). The number of nitrogen functional groups attached to an aromatic ring is 1. The van der Waals surface area contributed by atoms with E-state index in [2.05, 4.69) is 5.32 Å². The van der Waals surface area contributed by atoms with Gasteiger partial charge in [0.15, 0.2) is 0 Å². The number of carbonyl (C=O) groups is 1. The summed E-state index contributed by atoms with van der Waals surface area (Å²) in [6.45, 7) is 5.82. The molecule has 4 nitrogen and oxygen atoms in total. The molecule has 1 amide bonds. The SMILES string of the molecule is CCOCCCNC(=O)c1cccc(C)c1N. The van der Waals surface area contributed by atoms with Gasteiger partial charge >= 0.3 is 0 Å². The Balaban J connectivity index is 2.44. The van der Waals surface area contributed by atoms with Crippen molar-refractivity contribution in [3.05, 3.63) is 29.3 Å². The van der Waals surface area contributed by atoms with E-state index in [0.717, 1.165) is 12.0 Å². The van der Waals surface area contributed by atoms with Gasteiger partial charge in [0.05, 0.1) is 5.56 Å². The summed E-state index contributed by atoms with van der Waals surface area (Å²) in [6.07, 6.45) is 0.811. The molecular weight excluding hydrogens is 216 g/mol. The summed E-state index contributed by atoms with van der Waals surface area (Å²) in [5, 5.41) is 2.83. The second-order valence-electron chi connectivity index (χ2n) is 3.84. The number of aryl methyl sites for hydroxylation is 1. The van der Waals surface area contributed by atoms with Crippen molar-refractivity contribution in [3.8, 4) is 0 Å². The van der Waals surface area contributed by atoms with E-state index in [0.29, 0.717) is 31.0 Å². The normalized spacial score (nSPS) is 10.2. The van der Waals surface area contributed by atoms with Gasteiger partial charge < -0.3 is 15.8 Å². The lowest BCUT2D eigenvalue weighted by molar-refractivity contribution is 0.0945. The van der Waals surface area contributed by atoms with E-state index in [1.165, 1.54) is 0 Å². The van der Waals surface area contributed by atoms with Crippen molar-refractivity contribution in [2.75, 3.05) is 25.5 Å². The summed E-state index contributed by atoms with van der Waals surface area (Å²) in [6, 6.07) is 5.46. The summed E-state index contributed by atoms with van der Waals surface area (Å²) < 4.78 is 5.19. The van der Waals surface area contributed by atoms with Gasteiger partial charge in [0.1, 0.15) is 0 Å². The molecule has 94 valence electrons. The van der Waals surface area contributed by atoms with Crippen LogP contribution in [0.15, 0.2) is 18.2 Å². The molecule has 1 rings (SSSR count). The van der Waals surface area contributed by atoms with Gasteiger partial charge in [-0.15, -0.1) is 0 Å². The minimum Gasteiger partial charge on any atom is -0.398 e. The Morgan fingerprint density at radius 3 is 2.94 bits per heavy atom. The highest BCUT2D eigenvalue weighted by Crippen LogP contribution is 2.15. The van der Waals surface area contributed by atoms with Gasteiger partial charge in [-0.3, -0.25) is 4.79 Å². The van der Waals surface area contributed by atoms with E-state index in [4.69, 9.17) is 10.5 Å². The zero-order valence-electron chi connectivity index (χ0n) is 10.5. The second-order valence-corrected chi connectivity index (χ2v) is 3.84. The Morgan fingerprint density at radius 2 is 2.24 bits per heavy atom. The first kappa shape index (κ1) is 13.5. The van der Waals surface area contributed by atoms with Gasteiger partial charge in [-0.1, -0.05) is 12.1 Å². The molecule has 0 saturated carbocycles. The van der Waals surface area contributed by atoms with E-state index < -0.39 is 0 Å². The molecular formula is C13H20N2O2. The predicted octanol–water partition coefficient (Wildman–Crippen LogP) is 1.73. The molecule has 0 unspecified atom stereocenters. The van der Waals surface area contributed by atoms with Crippen LogP contribution in [0.25, 0.3) is 0 Å². The molecule has 17 heavy (non-hydrogen) atoms. The van der Waals surface area contributed by atoms with Gasteiger partial charge in [0.2, 0.25) is 0 Å². The van der Waals surface area contributed by atoms with Crippen LogP contribution < -0.4 is 11.1 Å². The fourth-order valence-corrected chi connectivity index (χ4v) is 1.49. The third-order valence-electron chi connectivity index (χ3n) is 2.52. The number of amides is 1. The maximum atomic E-state index is 11.8. The molecule has 0 atom stereocenters. The average molecular weight is 236 g/mol. The fourth-order valence-electron chi connectivity index (χ4n) is 1.49. The van der Waals surface area contributed by atoms with Crippen molar-refractivity contribution in [1.29, 1.82) is 0 Å². The van der Waals surface area contributed by atoms with Crippen molar-refractivity contribution in [2.24, 2.45) is 0 Å². The smallest absolute Gasteiger partial charge is 0.253 e. The monoisotopic (exact) mass is 236 g/mol. The number of ether oxygens (including phenoxy) is 1. The molecule has 1 aromatic rings. The lowest BCUT2D eigenvalue weighted by Gasteiger charge is -2.09. The predicted molar refractivity (Wildman–Crippen MR) is 69.0 cm³/mol. The zero-order chi connectivity index (χ0) is 12.7. The van der Waals surface area contributed by atoms with Crippen LogP contribution in [0, 0.1) is 6.92 Å². The van der Waals surface area contributed by atoms with Crippen LogP contribution in [0.5, 0.6) is 0 Å². The Hall–Kier alpha value is -1.55. The number of nitrogens with one attached hydrogen (secondary N) is 1. The van der Waals surface area contributed by atoms with Crippen LogP contribution in [0.2, 0.25) is 0 Å². The molecule has 0 fully saturated rings. The molecule has 0 bridgehead atoms. The van der Waals surface area contributed by atoms with Crippen LogP contribution in [0.3, 0.4) is 0 Å². The van der Waals surface area contributed by atoms with E-state index in [1.807, 2.05) is 26.0 Å². The molecule has 0 aliphatic rings. The van der Waals surface area contributed by atoms with Gasteiger partial charge in [0.25, 0.3) is 5.91 Å². The van der Waals surface area contributed by atoms with Crippen LogP contribution in [0.4, 0.5) is 5.69 Å². The highest BCUT2D eigenvalue weighted by Gasteiger charge is 2.09. The summed E-state index contributed by atoms with van der Waals surface area (Å²) in [4.78, 5) is 11.8. The lowest BCUT2D eigenvalue weighted by atomic mass is 10.1. The number of rotatable bonds is 6. The molecule has 0 saturated heterocycles. The molecule has 0 aliphatic carbocycles. The van der Waals surface area contributed by atoms with Crippen LogP contribution in [-0.4, -0.2) is 25.7 Å². The summed E-state index contributed by atoms with van der Waals surface area (Å²) >= 11 is 0. The van der Waals surface area contributed by atoms with Crippen LogP contribution in [-0.2, 0) is 4.74 Å². The highest BCUT2D eigenvalue weighted by molar-refractivity contribution is 5.99. The van der Waals surface area contributed by atoms with Crippen LogP contribution in [0.1, 0.15) is 29.3 Å². The number of anilines is 1. The summed E-state index contributed by atoms with van der Waals surface area (Å²) in [5.41, 5.74) is 7.87. The molecule has 4 heteroatoms. The quantitative estimate of drug-likeness (QED) is 0.584. The molecule has 0 spiro atoms. The molecule has 3 N–H and O–H groups in total.